The third-order valence-electron chi connectivity index (χ3n) is 7.48. The first-order valence-corrected chi connectivity index (χ1v) is 16.2. The molecule has 3 aromatic carbocycles. The molecule has 0 bridgehead atoms. The first-order valence-electron chi connectivity index (χ1n) is 14.5. The molecule has 1 amide bonds. The lowest BCUT2D eigenvalue weighted by atomic mass is 9.93. The van der Waals surface area contributed by atoms with E-state index in [1.54, 1.807) is 7.11 Å². The Hall–Kier alpha value is -2.47. The highest BCUT2D eigenvalue weighted by atomic mass is 35.5. The average Bonchev–Trinajstić information content (AvgIpc) is 2.98. The number of carbonyl (C=O) groups is 1. The van der Waals surface area contributed by atoms with Crippen LogP contribution in [0.1, 0.15) is 72.6 Å². The number of hydrogen-bond donors (Lipinski definition) is 0. The summed E-state index contributed by atoms with van der Waals surface area (Å²) < 4.78 is 24.2. The Morgan fingerprint density at radius 3 is 2.38 bits per heavy atom. The number of amides is 1. The molecule has 0 aromatic heterocycles. The van der Waals surface area contributed by atoms with E-state index in [1.807, 2.05) is 39.2 Å². The van der Waals surface area contributed by atoms with E-state index in [0.717, 1.165) is 47.9 Å². The molecule has 1 heterocycles. The summed E-state index contributed by atoms with van der Waals surface area (Å²) in [6, 6.07) is 18.6. The van der Waals surface area contributed by atoms with Gasteiger partial charge in [-0.1, -0.05) is 49.7 Å². The number of halogens is 1. The molecule has 0 radical (unpaired) electrons. The maximum Gasteiger partial charge on any atom is 0.301 e. The Morgan fingerprint density at radius 2 is 1.81 bits per heavy atom. The fourth-order valence-electron chi connectivity index (χ4n) is 4.56. The molecule has 1 aliphatic rings. The van der Waals surface area contributed by atoms with Gasteiger partial charge in [-0.3, -0.25) is 4.48 Å². The van der Waals surface area contributed by atoms with E-state index in [9.17, 15) is 4.79 Å². The van der Waals surface area contributed by atoms with Crippen molar-refractivity contribution in [3.8, 4) is 11.5 Å². The Bertz CT molecular complexity index is 1310. The number of carbonyl (C=O) groups excluding carboxylic acids is 1. The standard InChI is InChI=1S/C29H34ClO4P.C5H12NO/c1-19(2)26-15-22(9-10-29(26)31-5)16-27-20(3)13-25(14-21(27)4)32-18-35-33-12-11-28(34-35)23-7-6-8-24(30)17-23;1-4-6(2,3)5-7/h6-10,13-15,17,19,28H,11-12,16,18H2,1-5H3;5H,4H2,1-3H3/q;+1. The van der Waals surface area contributed by atoms with Crippen molar-refractivity contribution >= 4 is 26.4 Å². The Balaban J connectivity index is 0.000000616. The summed E-state index contributed by atoms with van der Waals surface area (Å²) in [5, 5.41) is 0.722. The van der Waals surface area contributed by atoms with Crippen molar-refractivity contribution < 1.29 is 27.8 Å². The van der Waals surface area contributed by atoms with E-state index < -0.39 is 8.38 Å². The smallest absolute Gasteiger partial charge is 0.301 e. The number of ether oxygens (including phenoxy) is 2. The van der Waals surface area contributed by atoms with Crippen LogP contribution in [0.3, 0.4) is 0 Å². The molecule has 42 heavy (non-hydrogen) atoms. The molecule has 8 heteroatoms. The van der Waals surface area contributed by atoms with Crippen molar-refractivity contribution in [1.29, 1.82) is 0 Å². The average molecular weight is 615 g/mol. The SMILES string of the molecule is CC[N+](C)(C)C=O.COc1ccc(Cc2c(C)cc(OCP3OCCC(c4cccc(Cl)c4)O3)cc2C)cc1C(C)C. The monoisotopic (exact) mass is 614 g/mol. The predicted molar refractivity (Wildman–Crippen MR) is 173 cm³/mol. The highest BCUT2D eigenvalue weighted by molar-refractivity contribution is 7.47. The maximum absolute atomic E-state index is 10.0. The maximum atomic E-state index is 10.0. The lowest BCUT2D eigenvalue weighted by molar-refractivity contribution is -0.802. The Kier molecular flexibility index (Phi) is 12.8. The van der Waals surface area contributed by atoms with Gasteiger partial charge in [0.2, 0.25) is 8.38 Å². The molecule has 228 valence electrons. The van der Waals surface area contributed by atoms with Gasteiger partial charge in [-0.25, -0.2) is 4.79 Å². The molecule has 1 aliphatic heterocycles. The molecule has 0 aliphatic carbocycles. The molecule has 2 unspecified atom stereocenters. The molecule has 6 nitrogen and oxygen atoms in total. The van der Waals surface area contributed by atoms with Crippen molar-refractivity contribution in [2.24, 2.45) is 0 Å². The zero-order valence-corrected chi connectivity index (χ0v) is 27.9. The van der Waals surface area contributed by atoms with Crippen molar-refractivity contribution in [3.05, 3.63) is 93.0 Å². The minimum absolute atomic E-state index is 0.0109. The minimum atomic E-state index is -1.13. The van der Waals surface area contributed by atoms with Crippen LogP contribution in [0.5, 0.6) is 11.5 Å². The van der Waals surface area contributed by atoms with Crippen LogP contribution in [0.2, 0.25) is 5.02 Å². The number of hydrogen-bond acceptors (Lipinski definition) is 5. The summed E-state index contributed by atoms with van der Waals surface area (Å²) in [4.78, 5) is 10.0. The lowest BCUT2D eigenvalue weighted by Crippen LogP contribution is -2.37. The molecule has 2 atom stereocenters. The summed E-state index contributed by atoms with van der Waals surface area (Å²) in [6.45, 7) is 12.2. The Labute approximate surface area is 258 Å². The van der Waals surface area contributed by atoms with E-state index in [-0.39, 0.29) is 6.10 Å². The van der Waals surface area contributed by atoms with Crippen molar-refractivity contribution in [1.82, 2.24) is 0 Å². The first kappa shape index (κ1) is 34.0. The van der Waals surface area contributed by atoms with Gasteiger partial charge in [0.05, 0.1) is 40.5 Å². The summed E-state index contributed by atoms with van der Waals surface area (Å²) >= 11 is 6.16. The van der Waals surface area contributed by atoms with Crippen molar-refractivity contribution in [2.75, 3.05) is 40.7 Å². The summed E-state index contributed by atoms with van der Waals surface area (Å²) in [6.07, 6.45) is 3.02. The van der Waals surface area contributed by atoms with Gasteiger partial charge in [0.25, 0.3) is 0 Å². The van der Waals surface area contributed by atoms with Crippen molar-refractivity contribution in [3.63, 3.8) is 0 Å². The van der Waals surface area contributed by atoms with Gasteiger partial charge in [-0.2, -0.15) is 0 Å². The van der Waals surface area contributed by atoms with Gasteiger partial charge < -0.3 is 18.5 Å². The third-order valence-corrected chi connectivity index (χ3v) is 9.02. The highest BCUT2D eigenvalue weighted by Gasteiger charge is 2.26. The lowest BCUT2D eigenvalue weighted by Gasteiger charge is -2.29. The van der Waals surface area contributed by atoms with Crippen LogP contribution in [0.15, 0.2) is 54.6 Å². The zero-order valence-electron chi connectivity index (χ0n) is 26.3. The second-order valence-corrected chi connectivity index (χ2v) is 13.3. The fraction of sp³-hybridized carbons (Fsp3) is 0.441. The van der Waals surface area contributed by atoms with Gasteiger partial charge >= 0.3 is 6.41 Å². The molecule has 0 N–H and O–H groups in total. The van der Waals surface area contributed by atoms with E-state index in [0.29, 0.717) is 23.4 Å². The third kappa shape index (κ3) is 9.79. The Morgan fingerprint density at radius 1 is 1.10 bits per heavy atom. The first-order chi connectivity index (χ1) is 20.0. The van der Waals surface area contributed by atoms with Crippen LogP contribution in [0, 0.1) is 13.8 Å². The van der Waals surface area contributed by atoms with Crippen LogP contribution in [0.4, 0.5) is 0 Å². The van der Waals surface area contributed by atoms with Crippen molar-refractivity contribution in [2.45, 2.75) is 59.5 Å². The van der Waals surface area contributed by atoms with Gasteiger partial charge in [-0.05, 0) is 96.8 Å². The quantitative estimate of drug-likeness (QED) is 0.130. The zero-order chi connectivity index (χ0) is 30.9. The van der Waals surface area contributed by atoms with Gasteiger partial charge in [-0.15, -0.1) is 0 Å². The molecule has 0 saturated carbocycles. The number of nitrogens with zero attached hydrogens (tertiary/aromatic N) is 1. The molecule has 1 saturated heterocycles. The molecule has 1 fully saturated rings. The number of aryl methyl sites for hydroxylation is 2. The van der Waals surface area contributed by atoms with Crippen LogP contribution in [-0.2, 0) is 20.3 Å². The van der Waals surface area contributed by atoms with Gasteiger partial charge in [0.1, 0.15) is 11.5 Å². The van der Waals surface area contributed by atoms with Crippen LogP contribution in [0.25, 0.3) is 0 Å². The molecular weight excluding hydrogens is 569 g/mol. The summed E-state index contributed by atoms with van der Waals surface area (Å²) in [5.74, 6) is 2.21. The molecule has 0 spiro atoms. The molecular formula is C34H46ClNO5P+. The normalized spacial score (nSPS) is 16.9. The fourth-order valence-corrected chi connectivity index (χ4v) is 6.02. The molecule has 3 aromatic rings. The predicted octanol–water partition coefficient (Wildman–Crippen LogP) is 8.75. The van der Waals surface area contributed by atoms with Crippen LogP contribution in [-0.4, -0.2) is 51.6 Å². The van der Waals surface area contributed by atoms with E-state index in [4.69, 9.17) is 30.1 Å². The highest BCUT2D eigenvalue weighted by Crippen LogP contribution is 2.49. The second-order valence-electron chi connectivity index (χ2n) is 11.5. The van der Waals surface area contributed by atoms with Crippen LogP contribution < -0.4 is 9.47 Å². The van der Waals surface area contributed by atoms with Gasteiger partial charge in [0.15, 0.2) is 6.35 Å². The number of quaternary nitrogens is 1. The van der Waals surface area contributed by atoms with E-state index in [2.05, 4.69) is 64.1 Å². The van der Waals surface area contributed by atoms with E-state index in [1.165, 1.54) is 27.8 Å². The number of rotatable bonds is 10. The van der Waals surface area contributed by atoms with Gasteiger partial charge in [0, 0.05) is 11.4 Å². The molecule has 4 rings (SSSR count). The minimum Gasteiger partial charge on any atom is -0.496 e. The van der Waals surface area contributed by atoms with E-state index >= 15 is 0 Å². The largest absolute Gasteiger partial charge is 0.496 e. The summed E-state index contributed by atoms with van der Waals surface area (Å²) in [5.41, 5.74) is 7.38. The topological polar surface area (TPSA) is 54.0 Å². The van der Waals surface area contributed by atoms with Crippen LogP contribution >= 0.6 is 20.0 Å². The summed E-state index contributed by atoms with van der Waals surface area (Å²) in [7, 11) is 4.34. The number of benzene rings is 3. The number of methoxy groups -OCH3 is 1. The second kappa shape index (κ2) is 15.8.